The Kier molecular flexibility index (Phi) is 16.9. The molecule has 0 amide bonds. The van der Waals surface area contributed by atoms with Gasteiger partial charge in [0.15, 0.2) is 0 Å². The molecule has 0 aromatic heterocycles. The Balaban J connectivity index is 3.84. The Morgan fingerprint density at radius 1 is 0.700 bits per heavy atom. The maximum atomic E-state index is 12.2. The molecule has 0 radical (unpaired) electrons. The zero-order valence-corrected chi connectivity index (χ0v) is 20.8. The van der Waals surface area contributed by atoms with Crippen molar-refractivity contribution in [2.24, 2.45) is 0 Å². The van der Waals surface area contributed by atoms with E-state index in [9.17, 15) is 9.59 Å². The third kappa shape index (κ3) is 18.9. The maximum Gasteiger partial charge on any atom is 0.353 e. The van der Waals surface area contributed by atoms with Crippen LogP contribution in [-0.4, -0.2) is 56.3 Å². The van der Waals surface area contributed by atoms with Crippen LogP contribution >= 0.6 is 0 Å². The zero-order chi connectivity index (χ0) is 22.8. The summed E-state index contributed by atoms with van der Waals surface area (Å²) in [4.78, 5) is 24.4. The summed E-state index contributed by atoms with van der Waals surface area (Å²) in [7, 11) is 5.90. The lowest BCUT2D eigenvalue weighted by molar-refractivity contribution is -0.872. The first-order valence-corrected chi connectivity index (χ1v) is 12.4. The van der Waals surface area contributed by atoms with Crippen LogP contribution < -0.4 is 0 Å². The fraction of sp³-hybridized carbons (Fsp3) is 0.920. The van der Waals surface area contributed by atoms with Gasteiger partial charge in [0.05, 0.1) is 27.2 Å². The fourth-order valence-electron chi connectivity index (χ4n) is 3.47. The molecular weight excluding hydrogens is 378 g/mol. The van der Waals surface area contributed by atoms with E-state index < -0.39 is 12.1 Å². The van der Waals surface area contributed by atoms with E-state index in [1.807, 2.05) is 21.1 Å². The normalized spacial score (nSPS) is 12.8. The third-order valence-corrected chi connectivity index (χ3v) is 5.09. The molecule has 0 heterocycles. The molecule has 0 saturated carbocycles. The first kappa shape index (κ1) is 28.9. The van der Waals surface area contributed by atoms with E-state index in [0.717, 1.165) is 12.8 Å². The van der Waals surface area contributed by atoms with Crippen LogP contribution in [0.2, 0.25) is 0 Å². The molecule has 5 nitrogen and oxygen atoms in total. The van der Waals surface area contributed by atoms with Crippen molar-refractivity contribution in [2.75, 3.05) is 27.7 Å². The average Bonchev–Trinajstić information content (AvgIpc) is 2.63. The molecule has 0 spiro atoms. The van der Waals surface area contributed by atoms with E-state index in [-0.39, 0.29) is 12.1 Å². The van der Waals surface area contributed by atoms with E-state index >= 15 is 0 Å². The molecule has 1 atom stereocenters. The van der Waals surface area contributed by atoms with E-state index in [4.69, 9.17) is 9.47 Å². The highest BCUT2D eigenvalue weighted by molar-refractivity contribution is 5.79. The smallest absolute Gasteiger partial charge is 0.353 e. The number of hydrogen-bond donors (Lipinski definition) is 0. The van der Waals surface area contributed by atoms with Gasteiger partial charge >= 0.3 is 11.9 Å². The van der Waals surface area contributed by atoms with Gasteiger partial charge in [-0.25, -0.2) is 4.79 Å². The molecule has 178 valence electrons. The molecule has 0 bridgehead atoms. The Labute approximate surface area is 186 Å². The minimum Gasteiger partial charge on any atom is -0.460 e. The van der Waals surface area contributed by atoms with Gasteiger partial charge in [-0.05, 0) is 20.3 Å². The molecule has 0 rings (SSSR count). The van der Waals surface area contributed by atoms with Gasteiger partial charge in [0, 0.05) is 6.42 Å². The number of unbranched alkanes of at least 4 members (excludes halogenated alkanes) is 12. The lowest BCUT2D eigenvalue weighted by Gasteiger charge is -2.28. The van der Waals surface area contributed by atoms with Crippen LogP contribution in [0.4, 0.5) is 0 Å². The third-order valence-electron chi connectivity index (χ3n) is 5.09. The average molecular weight is 429 g/mol. The van der Waals surface area contributed by atoms with Gasteiger partial charge in [0.25, 0.3) is 0 Å². The van der Waals surface area contributed by atoms with Crippen LogP contribution in [0.1, 0.15) is 111 Å². The molecule has 1 unspecified atom stereocenters. The van der Waals surface area contributed by atoms with E-state index in [2.05, 4.69) is 6.92 Å². The standard InChI is InChI=1S/C25H50NO4/c1-7-8-9-10-11-12-13-14-15-16-17-18-19-20-24(27)30-23(21-26(4,5)6)25(28)29-22(2)3/h22-23H,7-21H2,1-6H3/q+1. The van der Waals surface area contributed by atoms with Crippen LogP contribution in [0.15, 0.2) is 0 Å². The molecule has 0 aromatic rings. The van der Waals surface area contributed by atoms with Crippen molar-refractivity contribution < 1.29 is 23.5 Å². The predicted octanol–water partition coefficient (Wildman–Crippen LogP) is 6.04. The first-order chi connectivity index (χ1) is 14.2. The molecule has 30 heavy (non-hydrogen) atoms. The number of nitrogens with zero attached hydrogens (tertiary/aromatic N) is 1. The fourth-order valence-corrected chi connectivity index (χ4v) is 3.47. The lowest BCUT2D eigenvalue weighted by Crippen LogP contribution is -2.47. The second kappa shape index (κ2) is 17.6. The van der Waals surface area contributed by atoms with Crippen LogP contribution in [0, 0.1) is 0 Å². The largest absolute Gasteiger partial charge is 0.460 e. The van der Waals surface area contributed by atoms with Gasteiger partial charge in [-0.2, -0.15) is 0 Å². The summed E-state index contributed by atoms with van der Waals surface area (Å²) in [6, 6.07) is 0. The van der Waals surface area contributed by atoms with E-state index in [1.165, 1.54) is 70.6 Å². The van der Waals surface area contributed by atoms with Gasteiger partial charge in [0.1, 0.15) is 6.54 Å². The summed E-state index contributed by atoms with van der Waals surface area (Å²) in [5.74, 6) is -0.742. The summed E-state index contributed by atoms with van der Waals surface area (Å²) in [5.41, 5.74) is 0. The van der Waals surface area contributed by atoms with Gasteiger partial charge in [-0.3, -0.25) is 4.79 Å². The van der Waals surface area contributed by atoms with Crippen molar-refractivity contribution in [2.45, 2.75) is 123 Å². The number of carbonyl (C=O) groups excluding carboxylic acids is 2. The minimum atomic E-state index is -0.832. The van der Waals surface area contributed by atoms with Gasteiger partial charge in [0.2, 0.25) is 6.10 Å². The number of hydrogen-bond acceptors (Lipinski definition) is 4. The number of esters is 2. The molecule has 0 aliphatic rings. The van der Waals surface area contributed by atoms with Crippen LogP contribution in [0.25, 0.3) is 0 Å². The van der Waals surface area contributed by atoms with Gasteiger partial charge in [-0.15, -0.1) is 0 Å². The SMILES string of the molecule is CCCCCCCCCCCCCCCC(=O)OC(C[N+](C)(C)C)C(=O)OC(C)C. The molecule has 0 fully saturated rings. The second-order valence-corrected chi connectivity index (χ2v) is 9.93. The highest BCUT2D eigenvalue weighted by Gasteiger charge is 2.30. The highest BCUT2D eigenvalue weighted by Crippen LogP contribution is 2.14. The van der Waals surface area contributed by atoms with E-state index in [0.29, 0.717) is 17.4 Å². The van der Waals surface area contributed by atoms with Crippen molar-refractivity contribution >= 4 is 11.9 Å². The zero-order valence-electron chi connectivity index (χ0n) is 20.8. The molecule has 0 aromatic carbocycles. The molecular formula is C25H50NO4+. The number of likely N-dealkylation sites (N-methyl/N-ethyl adjacent to an activating group) is 1. The van der Waals surface area contributed by atoms with Crippen molar-refractivity contribution in [1.29, 1.82) is 0 Å². The van der Waals surface area contributed by atoms with Crippen LogP contribution in [-0.2, 0) is 19.1 Å². The van der Waals surface area contributed by atoms with Crippen LogP contribution in [0.3, 0.4) is 0 Å². The minimum absolute atomic E-state index is 0.216. The topological polar surface area (TPSA) is 52.6 Å². The number of carbonyl (C=O) groups is 2. The predicted molar refractivity (Wildman–Crippen MR) is 124 cm³/mol. The molecule has 0 saturated heterocycles. The summed E-state index contributed by atoms with van der Waals surface area (Å²) in [6.07, 6.45) is 15.9. The Bertz CT molecular complexity index is 443. The summed E-state index contributed by atoms with van der Waals surface area (Å²) in [6.45, 7) is 6.28. The van der Waals surface area contributed by atoms with Gasteiger partial charge in [-0.1, -0.05) is 84.0 Å². The number of quaternary nitrogens is 1. The van der Waals surface area contributed by atoms with Crippen molar-refractivity contribution in [3.8, 4) is 0 Å². The Hall–Kier alpha value is -1.10. The van der Waals surface area contributed by atoms with Crippen molar-refractivity contribution in [3.05, 3.63) is 0 Å². The monoisotopic (exact) mass is 428 g/mol. The van der Waals surface area contributed by atoms with Crippen molar-refractivity contribution in [3.63, 3.8) is 0 Å². The number of rotatable bonds is 19. The Morgan fingerprint density at radius 2 is 1.13 bits per heavy atom. The molecule has 0 N–H and O–H groups in total. The molecule has 0 aliphatic heterocycles. The van der Waals surface area contributed by atoms with Crippen LogP contribution in [0.5, 0.6) is 0 Å². The Morgan fingerprint density at radius 3 is 1.53 bits per heavy atom. The van der Waals surface area contributed by atoms with E-state index in [1.54, 1.807) is 13.8 Å². The number of ether oxygens (including phenoxy) is 2. The van der Waals surface area contributed by atoms with Crippen molar-refractivity contribution in [1.82, 2.24) is 0 Å². The summed E-state index contributed by atoms with van der Waals surface area (Å²) in [5, 5.41) is 0. The molecule has 5 heteroatoms. The molecule has 0 aliphatic carbocycles. The summed E-state index contributed by atoms with van der Waals surface area (Å²) >= 11 is 0. The maximum absolute atomic E-state index is 12.2. The van der Waals surface area contributed by atoms with Gasteiger partial charge < -0.3 is 14.0 Å². The quantitative estimate of drug-likeness (QED) is 0.143. The summed E-state index contributed by atoms with van der Waals surface area (Å²) < 4.78 is 11.3. The first-order valence-electron chi connectivity index (χ1n) is 12.4. The highest BCUT2D eigenvalue weighted by atomic mass is 16.6. The second-order valence-electron chi connectivity index (χ2n) is 9.93. The lowest BCUT2D eigenvalue weighted by atomic mass is 10.0.